The van der Waals surface area contributed by atoms with Crippen LogP contribution in [0.25, 0.3) is 5.69 Å². The Morgan fingerprint density at radius 3 is 2.58 bits per heavy atom. The van der Waals surface area contributed by atoms with E-state index in [1.807, 2.05) is 30.3 Å². The van der Waals surface area contributed by atoms with E-state index < -0.39 is 15.9 Å². The van der Waals surface area contributed by atoms with E-state index in [0.717, 1.165) is 18.5 Å². The molecule has 162 valence electrons. The maximum atomic E-state index is 13.2. The molecule has 1 aliphatic rings. The number of para-hydroxylation sites is 1. The van der Waals surface area contributed by atoms with E-state index in [-0.39, 0.29) is 10.6 Å². The number of benzene rings is 2. The number of hydrogen-bond donors (Lipinski definition) is 1. The number of carbonyl (C=O) groups excluding carboxylic acids is 1. The number of rotatable bonds is 7. The second-order valence-electron chi connectivity index (χ2n) is 7.14. The van der Waals surface area contributed by atoms with Crippen LogP contribution in [0.2, 0.25) is 0 Å². The maximum absolute atomic E-state index is 13.2. The van der Waals surface area contributed by atoms with Gasteiger partial charge in [0.05, 0.1) is 19.1 Å². The minimum absolute atomic E-state index is 0.0608. The molecule has 1 saturated heterocycles. The lowest BCUT2D eigenvalue weighted by Gasteiger charge is -2.19. The van der Waals surface area contributed by atoms with E-state index in [9.17, 15) is 13.2 Å². The van der Waals surface area contributed by atoms with Crippen molar-refractivity contribution in [3.05, 3.63) is 66.7 Å². The molecule has 0 spiro atoms. The molecule has 9 heteroatoms. The van der Waals surface area contributed by atoms with Crippen molar-refractivity contribution < 1.29 is 17.9 Å². The molecular formula is C22H24N4O4S. The average molecular weight is 441 g/mol. The van der Waals surface area contributed by atoms with Crippen LogP contribution >= 0.6 is 0 Å². The van der Waals surface area contributed by atoms with Gasteiger partial charge in [-0.15, -0.1) is 0 Å². The van der Waals surface area contributed by atoms with Gasteiger partial charge < -0.3 is 10.1 Å². The van der Waals surface area contributed by atoms with E-state index in [0.29, 0.717) is 31.1 Å². The molecule has 8 nitrogen and oxygen atoms in total. The van der Waals surface area contributed by atoms with Crippen molar-refractivity contribution in [2.45, 2.75) is 24.7 Å². The number of nitrogens with one attached hydrogen (secondary N) is 1. The number of imidazole rings is 1. The predicted molar refractivity (Wildman–Crippen MR) is 117 cm³/mol. The Labute approximate surface area is 181 Å². The van der Waals surface area contributed by atoms with Gasteiger partial charge >= 0.3 is 0 Å². The lowest BCUT2D eigenvalue weighted by molar-refractivity contribution is 0.102. The number of aromatic nitrogens is 2. The van der Waals surface area contributed by atoms with Crippen molar-refractivity contribution in [2.24, 2.45) is 0 Å². The smallest absolute Gasteiger partial charge is 0.274 e. The van der Waals surface area contributed by atoms with Crippen LogP contribution in [0.15, 0.2) is 66.0 Å². The first-order chi connectivity index (χ1) is 15.0. The van der Waals surface area contributed by atoms with Gasteiger partial charge in [-0.25, -0.2) is 13.4 Å². The molecule has 1 N–H and O–H groups in total. The molecule has 31 heavy (non-hydrogen) atoms. The van der Waals surface area contributed by atoms with Gasteiger partial charge in [-0.2, -0.15) is 4.31 Å². The molecule has 0 radical (unpaired) electrons. The van der Waals surface area contributed by atoms with Gasteiger partial charge in [0.25, 0.3) is 5.91 Å². The highest BCUT2D eigenvalue weighted by molar-refractivity contribution is 7.89. The van der Waals surface area contributed by atoms with E-state index in [1.165, 1.54) is 16.6 Å². The molecule has 0 atom stereocenters. The Morgan fingerprint density at radius 1 is 1.13 bits per heavy atom. The van der Waals surface area contributed by atoms with E-state index in [2.05, 4.69) is 10.3 Å². The van der Waals surface area contributed by atoms with Gasteiger partial charge in [-0.05, 0) is 50.1 Å². The Hall–Kier alpha value is -3.17. The summed E-state index contributed by atoms with van der Waals surface area (Å²) in [5, 5.41) is 2.79. The normalized spacial score (nSPS) is 14.5. The molecule has 3 aromatic rings. The summed E-state index contributed by atoms with van der Waals surface area (Å²) in [6.45, 7) is 3.11. The minimum atomic E-state index is -3.72. The summed E-state index contributed by atoms with van der Waals surface area (Å²) in [4.78, 5) is 17.1. The molecule has 0 aliphatic carbocycles. The topological polar surface area (TPSA) is 93.5 Å². The van der Waals surface area contributed by atoms with Crippen molar-refractivity contribution in [1.29, 1.82) is 0 Å². The van der Waals surface area contributed by atoms with E-state index in [1.54, 1.807) is 30.0 Å². The van der Waals surface area contributed by atoms with Gasteiger partial charge in [0.15, 0.2) is 0 Å². The molecular weight excluding hydrogens is 416 g/mol. The number of anilines is 1. The minimum Gasteiger partial charge on any atom is -0.492 e. The molecule has 0 unspecified atom stereocenters. The summed E-state index contributed by atoms with van der Waals surface area (Å²) in [7, 11) is -3.72. The van der Waals surface area contributed by atoms with Crippen molar-refractivity contribution in [3.63, 3.8) is 0 Å². The summed E-state index contributed by atoms with van der Waals surface area (Å²) in [5.41, 5.74) is 1.50. The third-order valence-corrected chi connectivity index (χ3v) is 7.01. The van der Waals surface area contributed by atoms with Crippen LogP contribution < -0.4 is 10.1 Å². The van der Waals surface area contributed by atoms with Crippen LogP contribution in [-0.2, 0) is 10.0 Å². The third-order valence-electron chi connectivity index (χ3n) is 5.09. The van der Waals surface area contributed by atoms with Gasteiger partial charge in [0.1, 0.15) is 16.3 Å². The van der Waals surface area contributed by atoms with Crippen LogP contribution in [0.1, 0.15) is 30.3 Å². The van der Waals surface area contributed by atoms with Crippen LogP contribution in [0, 0.1) is 0 Å². The summed E-state index contributed by atoms with van der Waals surface area (Å²) < 4.78 is 35.0. The fourth-order valence-electron chi connectivity index (χ4n) is 3.58. The number of hydrogen-bond acceptors (Lipinski definition) is 5. The van der Waals surface area contributed by atoms with Crippen molar-refractivity contribution in [1.82, 2.24) is 13.9 Å². The number of sulfonamides is 1. The monoisotopic (exact) mass is 440 g/mol. The Kier molecular flexibility index (Phi) is 6.06. The van der Waals surface area contributed by atoms with Gasteiger partial charge in [-0.1, -0.05) is 18.2 Å². The fourth-order valence-corrected chi connectivity index (χ4v) is 5.26. The maximum Gasteiger partial charge on any atom is 0.274 e. The zero-order valence-corrected chi connectivity index (χ0v) is 18.0. The first-order valence-corrected chi connectivity index (χ1v) is 11.6. The number of nitrogens with zero attached hydrogens (tertiary/aromatic N) is 3. The zero-order chi connectivity index (χ0) is 21.8. The first kappa shape index (κ1) is 21.1. The zero-order valence-electron chi connectivity index (χ0n) is 17.2. The standard InChI is InChI=1S/C22H24N4O4S/c1-2-30-20-11-10-17(14-21(20)31(28,29)25-12-6-7-13-25)24-22(27)19-15-23-16-26(19)18-8-4-3-5-9-18/h3-5,8-11,14-16H,2,6-7,12-13H2,1H3,(H,24,27). The fraction of sp³-hybridized carbons (Fsp3) is 0.273. The molecule has 1 aromatic heterocycles. The van der Waals surface area contributed by atoms with Crippen molar-refractivity contribution >= 4 is 21.6 Å². The SMILES string of the molecule is CCOc1ccc(NC(=O)c2cncn2-c2ccccc2)cc1S(=O)(=O)N1CCCC1. The molecule has 2 heterocycles. The third kappa shape index (κ3) is 4.33. The number of amides is 1. The molecule has 1 amide bonds. The second-order valence-corrected chi connectivity index (χ2v) is 9.05. The van der Waals surface area contributed by atoms with Crippen molar-refractivity contribution in [2.75, 3.05) is 25.0 Å². The highest BCUT2D eigenvalue weighted by atomic mass is 32.2. The summed E-state index contributed by atoms with van der Waals surface area (Å²) >= 11 is 0. The molecule has 4 rings (SSSR count). The highest BCUT2D eigenvalue weighted by Crippen LogP contribution is 2.32. The molecule has 2 aromatic carbocycles. The van der Waals surface area contributed by atoms with E-state index in [4.69, 9.17) is 4.74 Å². The van der Waals surface area contributed by atoms with Gasteiger partial charge in [0, 0.05) is 24.5 Å². The number of carbonyl (C=O) groups is 1. The van der Waals surface area contributed by atoms with Crippen LogP contribution in [0.4, 0.5) is 5.69 Å². The summed E-state index contributed by atoms with van der Waals surface area (Å²) in [6.07, 6.45) is 4.71. The lowest BCUT2D eigenvalue weighted by Crippen LogP contribution is -2.28. The Morgan fingerprint density at radius 2 is 1.87 bits per heavy atom. The van der Waals surface area contributed by atoms with Gasteiger partial charge in [-0.3, -0.25) is 9.36 Å². The lowest BCUT2D eigenvalue weighted by atomic mass is 10.2. The Bertz CT molecular complexity index is 1170. The van der Waals surface area contributed by atoms with Crippen LogP contribution in [0.5, 0.6) is 5.75 Å². The van der Waals surface area contributed by atoms with Crippen LogP contribution in [-0.4, -0.2) is 47.9 Å². The highest BCUT2D eigenvalue weighted by Gasteiger charge is 2.30. The first-order valence-electron chi connectivity index (χ1n) is 10.2. The molecule has 0 saturated carbocycles. The quantitative estimate of drug-likeness (QED) is 0.608. The largest absolute Gasteiger partial charge is 0.492 e. The number of ether oxygens (including phenoxy) is 1. The average Bonchev–Trinajstić information content (AvgIpc) is 3.48. The summed E-state index contributed by atoms with van der Waals surface area (Å²) in [5.74, 6) is -0.114. The van der Waals surface area contributed by atoms with Gasteiger partial charge in [0.2, 0.25) is 10.0 Å². The molecule has 0 bridgehead atoms. The van der Waals surface area contributed by atoms with E-state index >= 15 is 0 Å². The summed E-state index contributed by atoms with van der Waals surface area (Å²) in [6, 6.07) is 14.1. The molecule has 1 aliphatic heterocycles. The van der Waals surface area contributed by atoms with Crippen molar-refractivity contribution in [3.8, 4) is 11.4 Å². The molecule has 1 fully saturated rings. The predicted octanol–water partition coefficient (Wildman–Crippen LogP) is 3.31. The van der Waals surface area contributed by atoms with Crippen LogP contribution in [0.3, 0.4) is 0 Å². The Balaban J connectivity index is 1.64. The second kappa shape index (κ2) is 8.91.